The molecule has 0 nitrogen and oxygen atoms in total. The zero-order valence-corrected chi connectivity index (χ0v) is 10.6. The second kappa shape index (κ2) is 7.50. The first kappa shape index (κ1) is 12.3. The number of hydrogen-bond donors (Lipinski definition) is 1. The summed E-state index contributed by atoms with van der Waals surface area (Å²) in [5.74, 6) is 0. The Morgan fingerprint density at radius 1 is 0.667 bits per heavy atom. The molecule has 0 unspecified atom stereocenters. The zero-order valence-electron chi connectivity index (χ0n) is 8.72. The fraction of sp³-hybridized carbons (Fsp3) is 0.0769. The van der Waals surface area contributed by atoms with Gasteiger partial charge in [-0.15, -0.1) is 0 Å². The molecule has 0 N–H and O–H groups in total. The van der Waals surface area contributed by atoms with Gasteiger partial charge in [0.2, 0.25) is 0 Å². The van der Waals surface area contributed by atoms with E-state index >= 15 is 0 Å². The van der Waals surface area contributed by atoms with Crippen molar-refractivity contribution in [1.82, 2.24) is 0 Å². The maximum absolute atomic E-state index is 3.53. The van der Waals surface area contributed by atoms with Crippen LogP contribution in [0.3, 0.4) is 0 Å². The highest BCUT2D eigenvalue weighted by Crippen LogP contribution is 2.08. The molecule has 0 aliphatic rings. The molecule has 2 rings (SSSR count). The minimum Gasteiger partial charge on any atom is -0.183 e. The van der Waals surface area contributed by atoms with E-state index in [-0.39, 0.29) is 0 Å². The maximum Gasteiger partial charge on any atom is -0.0215 e. The number of benzene rings is 2. The third kappa shape index (κ3) is 4.51. The molecule has 0 radical (unpaired) electrons. The smallest absolute Gasteiger partial charge is 0.0215 e. The van der Waals surface area contributed by atoms with Crippen LogP contribution in [0.2, 0.25) is 0 Å². The van der Waals surface area contributed by atoms with Gasteiger partial charge in [-0.2, -0.15) is 12.6 Å². The van der Waals surface area contributed by atoms with Crippen LogP contribution in [0, 0.1) is 0 Å². The quantitative estimate of drug-likeness (QED) is 0.599. The molecule has 2 aromatic carbocycles. The third-order valence-electron chi connectivity index (χ3n) is 1.84. The van der Waals surface area contributed by atoms with Crippen LogP contribution in [0.25, 0.3) is 0 Å². The average molecular weight is 234 g/mol. The first-order valence-electron chi connectivity index (χ1n) is 4.77. The van der Waals surface area contributed by atoms with E-state index in [4.69, 9.17) is 0 Å². The lowest BCUT2D eigenvalue weighted by Gasteiger charge is -2.00. The maximum atomic E-state index is 3.53. The Balaban J connectivity index is 0.000000531. The highest BCUT2D eigenvalue weighted by Gasteiger charge is 1.92. The molecule has 2 aromatic rings. The van der Waals surface area contributed by atoms with Crippen molar-refractivity contribution in [2.75, 3.05) is 6.26 Å². The van der Waals surface area contributed by atoms with Gasteiger partial charge in [0.05, 0.1) is 0 Å². The molecule has 0 saturated carbocycles. The van der Waals surface area contributed by atoms with Crippen LogP contribution in [0.1, 0.15) is 0 Å². The summed E-state index contributed by atoms with van der Waals surface area (Å²) in [5, 5.41) is 2.79. The van der Waals surface area contributed by atoms with E-state index < -0.39 is 0 Å². The van der Waals surface area contributed by atoms with Crippen LogP contribution in [0.4, 0.5) is 0 Å². The Kier molecular flexibility index (Phi) is 6.15. The van der Waals surface area contributed by atoms with Gasteiger partial charge in [-0.3, -0.25) is 0 Å². The molecule has 15 heavy (non-hydrogen) atoms. The van der Waals surface area contributed by atoms with E-state index in [9.17, 15) is 0 Å². The predicted octanol–water partition coefficient (Wildman–Crippen LogP) is 2.86. The fourth-order valence-electron chi connectivity index (χ4n) is 1.21. The van der Waals surface area contributed by atoms with Gasteiger partial charge in [0.15, 0.2) is 0 Å². The van der Waals surface area contributed by atoms with Crippen molar-refractivity contribution in [2.24, 2.45) is 0 Å². The highest BCUT2D eigenvalue weighted by molar-refractivity contribution is 7.79. The highest BCUT2D eigenvalue weighted by atomic mass is 32.1. The molecule has 0 saturated heterocycles. The second-order valence-corrected chi connectivity index (χ2v) is 4.26. The average Bonchev–Trinajstić information content (AvgIpc) is 2.34. The van der Waals surface area contributed by atoms with Crippen LogP contribution in [0.5, 0.6) is 0 Å². The Morgan fingerprint density at radius 2 is 1.00 bits per heavy atom. The minimum atomic E-state index is 0.777. The summed E-state index contributed by atoms with van der Waals surface area (Å²) in [6, 6.07) is 21.2. The van der Waals surface area contributed by atoms with E-state index in [0.29, 0.717) is 0 Å². The minimum absolute atomic E-state index is 0.777. The molecular formula is C13H15PS. The standard InChI is InChI=1S/C12H11P.CH4S/c1-3-7-11(8-4-1)13-12-9-5-2-6-10-12;1-2/h1-10,13H;2H,1H3. The molecule has 0 bridgehead atoms. The van der Waals surface area contributed by atoms with E-state index in [1.807, 2.05) is 0 Å². The van der Waals surface area contributed by atoms with Gasteiger partial charge in [-0.1, -0.05) is 69.2 Å². The van der Waals surface area contributed by atoms with Gasteiger partial charge < -0.3 is 0 Å². The lowest BCUT2D eigenvalue weighted by atomic mass is 10.4. The summed E-state index contributed by atoms with van der Waals surface area (Å²) in [4.78, 5) is 0. The first-order valence-corrected chi connectivity index (χ1v) is 6.66. The lowest BCUT2D eigenvalue weighted by molar-refractivity contribution is 1.76. The van der Waals surface area contributed by atoms with E-state index in [1.165, 1.54) is 10.6 Å². The van der Waals surface area contributed by atoms with Gasteiger partial charge in [-0.25, -0.2) is 0 Å². The van der Waals surface area contributed by atoms with Crippen molar-refractivity contribution < 1.29 is 0 Å². The molecule has 0 atom stereocenters. The first-order chi connectivity index (χ1) is 7.45. The zero-order chi connectivity index (χ0) is 10.9. The van der Waals surface area contributed by atoms with Crippen molar-refractivity contribution in [3.05, 3.63) is 60.7 Å². The van der Waals surface area contributed by atoms with E-state index in [0.717, 1.165) is 8.58 Å². The monoisotopic (exact) mass is 234 g/mol. The number of thiol groups is 1. The summed E-state index contributed by atoms with van der Waals surface area (Å²) in [5.41, 5.74) is 0. The van der Waals surface area contributed by atoms with Crippen LogP contribution < -0.4 is 10.6 Å². The SMILES string of the molecule is CS.c1ccc(Pc2ccccc2)cc1. The van der Waals surface area contributed by atoms with Crippen LogP contribution >= 0.6 is 21.2 Å². The van der Waals surface area contributed by atoms with Gasteiger partial charge in [0, 0.05) is 0 Å². The van der Waals surface area contributed by atoms with Crippen molar-refractivity contribution in [2.45, 2.75) is 0 Å². The summed E-state index contributed by atoms with van der Waals surface area (Å²) < 4.78 is 0. The number of rotatable bonds is 2. The van der Waals surface area contributed by atoms with Gasteiger partial charge >= 0.3 is 0 Å². The van der Waals surface area contributed by atoms with Crippen LogP contribution in [-0.4, -0.2) is 6.26 Å². The predicted molar refractivity (Wildman–Crippen MR) is 75.4 cm³/mol. The Bertz CT molecular complexity index is 321. The molecule has 0 fully saturated rings. The molecule has 0 aliphatic heterocycles. The van der Waals surface area contributed by atoms with Gasteiger partial charge in [-0.05, 0) is 16.9 Å². The van der Waals surface area contributed by atoms with Crippen LogP contribution in [-0.2, 0) is 0 Å². The van der Waals surface area contributed by atoms with Crippen molar-refractivity contribution in [3.63, 3.8) is 0 Å². The lowest BCUT2D eigenvalue weighted by Crippen LogP contribution is -2.01. The Hall–Kier alpha value is -0.780. The number of hydrogen-bond acceptors (Lipinski definition) is 1. The van der Waals surface area contributed by atoms with Crippen LogP contribution in [0.15, 0.2) is 60.7 Å². The van der Waals surface area contributed by atoms with E-state index in [2.05, 4.69) is 73.3 Å². The Labute approximate surface area is 98.9 Å². The van der Waals surface area contributed by atoms with Gasteiger partial charge in [0.25, 0.3) is 0 Å². The molecule has 0 aliphatic carbocycles. The summed E-state index contributed by atoms with van der Waals surface area (Å²) in [6.45, 7) is 0. The summed E-state index contributed by atoms with van der Waals surface area (Å²) in [6.07, 6.45) is 1.69. The van der Waals surface area contributed by atoms with Gasteiger partial charge in [0.1, 0.15) is 0 Å². The molecule has 0 amide bonds. The largest absolute Gasteiger partial charge is 0.183 e. The summed E-state index contributed by atoms with van der Waals surface area (Å²) in [7, 11) is 0.777. The van der Waals surface area contributed by atoms with Crippen molar-refractivity contribution >= 4 is 31.8 Å². The topological polar surface area (TPSA) is 0 Å². The fourth-order valence-corrected chi connectivity index (χ4v) is 2.26. The second-order valence-electron chi connectivity index (χ2n) is 2.86. The molecular weight excluding hydrogens is 219 g/mol. The molecule has 0 aromatic heterocycles. The van der Waals surface area contributed by atoms with E-state index in [1.54, 1.807) is 6.26 Å². The molecule has 0 heterocycles. The molecule has 2 heteroatoms. The normalized spacial score (nSPS) is 8.93. The van der Waals surface area contributed by atoms with Crippen molar-refractivity contribution in [1.29, 1.82) is 0 Å². The molecule has 78 valence electrons. The Morgan fingerprint density at radius 3 is 1.33 bits per heavy atom. The third-order valence-corrected chi connectivity index (χ3v) is 3.08. The van der Waals surface area contributed by atoms with Crippen molar-refractivity contribution in [3.8, 4) is 0 Å². The summed E-state index contributed by atoms with van der Waals surface area (Å²) >= 11 is 3.53. The molecule has 0 spiro atoms.